The summed E-state index contributed by atoms with van der Waals surface area (Å²) >= 11 is 2.86. The Kier molecular flexibility index (Phi) is 6.85. The van der Waals surface area contributed by atoms with Crippen LogP contribution in [0.4, 0.5) is 9.93 Å². The third-order valence-electron chi connectivity index (χ3n) is 3.22. The van der Waals surface area contributed by atoms with Gasteiger partial charge in [-0.1, -0.05) is 30.0 Å². The van der Waals surface area contributed by atoms with Gasteiger partial charge in [-0.2, -0.15) is 0 Å². The molecule has 1 aliphatic heterocycles. The van der Waals surface area contributed by atoms with Crippen molar-refractivity contribution in [1.29, 1.82) is 0 Å². The maximum absolute atomic E-state index is 12.3. The molecule has 2 heterocycles. The summed E-state index contributed by atoms with van der Waals surface area (Å²) in [6.07, 6.45) is 0.610. The highest BCUT2D eigenvalue weighted by Crippen LogP contribution is 2.28. The summed E-state index contributed by atoms with van der Waals surface area (Å²) < 4.78 is 5.90. The van der Waals surface area contributed by atoms with Crippen LogP contribution in [-0.2, 0) is 9.53 Å². The summed E-state index contributed by atoms with van der Waals surface area (Å²) in [6.45, 7) is 6.72. The number of amides is 2. The van der Waals surface area contributed by atoms with Crippen molar-refractivity contribution in [3.8, 4) is 0 Å². The van der Waals surface area contributed by atoms with E-state index in [0.29, 0.717) is 23.4 Å². The van der Waals surface area contributed by atoms with Gasteiger partial charge < -0.3 is 20.7 Å². The molecule has 0 saturated heterocycles. The Bertz CT molecular complexity index is 632. The summed E-state index contributed by atoms with van der Waals surface area (Å²) in [5.74, 6) is 0.0109. The number of hydrogen-bond acceptors (Lipinski definition) is 8. The molecule has 8 nitrogen and oxygen atoms in total. The zero-order chi connectivity index (χ0) is 17.5. The third kappa shape index (κ3) is 4.60. The first kappa shape index (κ1) is 18.5. The van der Waals surface area contributed by atoms with Gasteiger partial charge in [0, 0.05) is 18.0 Å². The Hall–Kier alpha value is -1.81. The van der Waals surface area contributed by atoms with Crippen molar-refractivity contribution in [3.63, 3.8) is 0 Å². The average molecular weight is 371 g/mol. The number of nitrogens with zero attached hydrogens (tertiary/aromatic N) is 2. The van der Waals surface area contributed by atoms with Crippen molar-refractivity contribution in [1.82, 2.24) is 20.8 Å². The summed E-state index contributed by atoms with van der Waals surface area (Å²) in [7, 11) is 0. The van der Waals surface area contributed by atoms with E-state index >= 15 is 0 Å². The Morgan fingerprint density at radius 3 is 2.83 bits per heavy atom. The van der Waals surface area contributed by atoms with Crippen molar-refractivity contribution < 1.29 is 14.3 Å². The number of anilines is 1. The lowest BCUT2D eigenvalue weighted by Crippen LogP contribution is -2.50. The van der Waals surface area contributed by atoms with Crippen LogP contribution in [0.25, 0.3) is 0 Å². The normalized spacial score (nSPS) is 17.3. The number of urea groups is 1. The van der Waals surface area contributed by atoms with E-state index in [0.717, 1.165) is 16.0 Å². The molecule has 0 aliphatic carbocycles. The molecule has 0 saturated carbocycles. The molecule has 1 aliphatic rings. The smallest absolute Gasteiger partial charge is 0.337 e. The van der Waals surface area contributed by atoms with Crippen LogP contribution in [0.1, 0.15) is 27.2 Å². The van der Waals surface area contributed by atoms with E-state index in [1.54, 1.807) is 6.92 Å². The van der Waals surface area contributed by atoms with E-state index in [9.17, 15) is 9.59 Å². The fourth-order valence-corrected chi connectivity index (χ4v) is 3.99. The largest absolute Gasteiger partial charge is 0.463 e. The molecule has 3 N–H and O–H groups in total. The van der Waals surface area contributed by atoms with Gasteiger partial charge in [-0.3, -0.25) is 0 Å². The van der Waals surface area contributed by atoms with Crippen molar-refractivity contribution in [2.24, 2.45) is 0 Å². The van der Waals surface area contributed by atoms with E-state index in [4.69, 9.17) is 4.74 Å². The molecule has 24 heavy (non-hydrogen) atoms. The molecule has 10 heteroatoms. The van der Waals surface area contributed by atoms with Gasteiger partial charge >= 0.3 is 12.0 Å². The quantitative estimate of drug-likeness (QED) is 0.474. The van der Waals surface area contributed by atoms with Crippen LogP contribution in [0, 0.1) is 0 Å². The van der Waals surface area contributed by atoms with Gasteiger partial charge in [-0.15, -0.1) is 10.2 Å². The number of rotatable bonds is 8. The molecule has 0 aromatic carbocycles. The number of thioether (sulfide) groups is 1. The van der Waals surface area contributed by atoms with Crippen molar-refractivity contribution in [2.75, 3.05) is 24.2 Å². The monoisotopic (exact) mass is 371 g/mol. The highest BCUT2D eigenvalue weighted by molar-refractivity contribution is 8.01. The van der Waals surface area contributed by atoms with Crippen LogP contribution >= 0.6 is 23.1 Å². The van der Waals surface area contributed by atoms with Crippen LogP contribution in [0.2, 0.25) is 0 Å². The lowest BCUT2D eigenvalue weighted by Gasteiger charge is -2.28. The second kappa shape index (κ2) is 8.88. The van der Waals surface area contributed by atoms with Crippen LogP contribution < -0.4 is 16.0 Å². The number of esters is 1. The van der Waals surface area contributed by atoms with E-state index in [2.05, 4.69) is 26.1 Å². The van der Waals surface area contributed by atoms with E-state index in [-0.39, 0.29) is 18.7 Å². The lowest BCUT2D eigenvalue weighted by molar-refractivity contribution is -0.139. The van der Waals surface area contributed by atoms with Gasteiger partial charge in [-0.25, -0.2) is 9.59 Å². The number of ether oxygens (including phenoxy) is 1. The SMILES string of the molecule is CCNc1nnc(SCC2=C(C(=O)OCC)[C@H](CC)NC(=O)N2)s1. The van der Waals surface area contributed by atoms with Crippen molar-refractivity contribution >= 4 is 40.2 Å². The second-order valence-electron chi connectivity index (χ2n) is 4.86. The van der Waals surface area contributed by atoms with Crippen LogP contribution in [0.15, 0.2) is 15.6 Å². The third-order valence-corrected chi connectivity index (χ3v) is 5.26. The molecular formula is C14H21N5O3S2. The Morgan fingerprint density at radius 1 is 1.38 bits per heavy atom. The maximum Gasteiger partial charge on any atom is 0.337 e. The Labute approximate surface area is 148 Å². The summed E-state index contributed by atoms with van der Waals surface area (Å²) in [5.41, 5.74) is 1.04. The van der Waals surface area contributed by atoms with E-state index in [1.165, 1.54) is 23.1 Å². The maximum atomic E-state index is 12.3. The highest BCUT2D eigenvalue weighted by Gasteiger charge is 2.31. The van der Waals surface area contributed by atoms with Crippen LogP contribution in [0.3, 0.4) is 0 Å². The zero-order valence-electron chi connectivity index (χ0n) is 13.8. The lowest BCUT2D eigenvalue weighted by atomic mass is 10.0. The molecule has 1 aromatic rings. The second-order valence-corrected chi connectivity index (χ2v) is 7.06. The molecule has 1 atom stereocenters. The van der Waals surface area contributed by atoms with Gasteiger partial charge in [0.15, 0.2) is 4.34 Å². The van der Waals surface area contributed by atoms with Crippen molar-refractivity contribution in [2.45, 2.75) is 37.6 Å². The predicted molar refractivity (Wildman–Crippen MR) is 94.2 cm³/mol. The molecule has 0 radical (unpaired) electrons. The summed E-state index contributed by atoms with van der Waals surface area (Å²) in [5, 5.41) is 17.4. The summed E-state index contributed by atoms with van der Waals surface area (Å²) in [6, 6.07) is -0.656. The first-order valence-corrected chi connectivity index (χ1v) is 9.57. The molecule has 0 spiro atoms. The first-order chi connectivity index (χ1) is 11.6. The Balaban J connectivity index is 2.16. The molecule has 0 bridgehead atoms. The highest BCUT2D eigenvalue weighted by atomic mass is 32.2. The van der Waals surface area contributed by atoms with E-state index in [1.807, 2.05) is 13.8 Å². The molecule has 1 aromatic heterocycles. The minimum absolute atomic E-state index is 0.287. The number of nitrogens with one attached hydrogen (secondary N) is 3. The summed E-state index contributed by atoms with van der Waals surface area (Å²) in [4.78, 5) is 24.1. The number of hydrogen-bond donors (Lipinski definition) is 3. The molecule has 0 fully saturated rings. The Morgan fingerprint density at radius 2 is 2.17 bits per heavy atom. The van der Waals surface area contributed by atoms with Crippen molar-refractivity contribution in [3.05, 3.63) is 11.3 Å². The average Bonchev–Trinajstić information content (AvgIpc) is 3.00. The number of aromatic nitrogens is 2. The van der Waals surface area contributed by atoms with Gasteiger partial charge in [0.1, 0.15) is 0 Å². The fourth-order valence-electron chi connectivity index (χ4n) is 2.20. The zero-order valence-corrected chi connectivity index (χ0v) is 15.5. The van der Waals surface area contributed by atoms with Gasteiger partial charge in [0.25, 0.3) is 0 Å². The topological polar surface area (TPSA) is 105 Å². The number of carbonyl (C=O) groups is 2. The molecule has 0 unspecified atom stereocenters. The van der Waals surface area contributed by atoms with Gasteiger partial charge in [-0.05, 0) is 20.3 Å². The first-order valence-electron chi connectivity index (χ1n) is 7.76. The molecule has 132 valence electrons. The molecule has 2 rings (SSSR count). The fraction of sp³-hybridized carbons (Fsp3) is 0.571. The predicted octanol–water partition coefficient (Wildman–Crippen LogP) is 1.97. The number of carbonyl (C=O) groups excluding carboxylic acids is 2. The molecule has 2 amide bonds. The minimum atomic E-state index is -0.405. The molecular weight excluding hydrogens is 350 g/mol. The van der Waals surface area contributed by atoms with Crippen LogP contribution in [0.5, 0.6) is 0 Å². The minimum Gasteiger partial charge on any atom is -0.463 e. The van der Waals surface area contributed by atoms with Gasteiger partial charge in [0.2, 0.25) is 5.13 Å². The van der Waals surface area contributed by atoms with Gasteiger partial charge in [0.05, 0.1) is 18.2 Å². The van der Waals surface area contributed by atoms with Crippen LogP contribution in [-0.4, -0.2) is 47.1 Å². The standard InChI is InChI=1S/C14H21N5O3S2/c1-4-8-10(11(20)22-6-3)9(17-12(21)16-8)7-23-14-19-18-13(24-14)15-5-2/h8H,4-7H2,1-3H3,(H,15,18)(H2,16,17,21)/t8-/m0/s1. The van der Waals surface area contributed by atoms with E-state index < -0.39 is 5.97 Å².